The summed E-state index contributed by atoms with van der Waals surface area (Å²) in [6.45, 7) is -0.413. The maximum Gasteiger partial charge on any atom is 0.442 e. The molecule has 0 aromatic carbocycles. The lowest BCUT2D eigenvalue weighted by molar-refractivity contribution is -0.388. The molecular weight excluding hydrogens is 329 g/mol. The summed E-state index contributed by atoms with van der Waals surface area (Å²) < 4.78 is 39.2. The molecule has 3 rings (SSSR count). The van der Waals surface area contributed by atoms with Gasteiger partial charge in [0.15, 0.2) is 0 Å². The molecule has 0 N–H and O–H groups in total. The van der Waals surface area contributed by atoms with Crippen LogP contribution in [0.2, 0.25) is 0 Å². The van der Waals surface area contributed by atoms with Crippen LogP contribution in [-0.4, -0.2) is 37.6 Å². The second-order valence-corrected chi connectivity index (χ2v) is 6.29. The molecule has 0 atom stereocenters. The van der Waals surface area contributed by atoms with Crippen LogP contribution in [-0.2, 0) is 17.5 Å². The number of nitrogens with zero attached hydrogens (tertiary/aromatic N) is 4. The van der Waals surface area contributed by atoms with Crippen molar-refractivity contribution >= 4 is 11.6 Å². The normalized spacial score (nSPS) is 18.8. The largest absolute Gasteiger partial charge is 0.442 e. The fourth-order valence-corrected chi connectivity index (χ4v) is 3.29. The minimum Gasteiger partial charge on any atom is -0.335 e. The van der Waals surface area contributed by atoms with Gasteiger partial charge < -0.3 is 4.90 Å². The van der Waals surface area contributed by atoms with Crippen molar-refractivity contribution in [2.75, 3.05) is 0 Å². The van der Waals surface area contributed by atoms with Gasteiger partial charge in [-0.3, -0.25) is 19.6 Å². The van der Waals surface area contributed by atoms with Gasteiger partial charge in [0.1, 0.15) is 12.7 Å². The Balaban J connectivity index is 1.79. The van der Waals surface area contributed by atoms with Gasteiger partial charge in [-0.25, -0.2) is 0 Å². The number of rotatable bonds is 5. The molecule has 0 radical (unpaired) electrons. The minimum absolute atomic E-state index is 0.123. The van der Waals surface area contributed by atoms with Crippen molar-refractivity contribution in [2.45, 2.75) is 63.3 Å². The van der Waals surface area contributed by atoms with Gasteiger partial charge in [0, 0.05) is 12.1 Å². The Morgan fingerprint density at radius 1 is 1.29 bits per heavy atom. The van der Waals surface area contributed by atoms with Crippen LogP contribution in [0.25, 0.3) is 0 Å². The Morgan fingerprint density at radius 2 is 1.88 bits per heavy atom. The summed E-state index contributed by atoms with van der Waals surface area (Å²) >= 11 is 0. The molecule has 1 aromatic rings. The first-order valence-corrected chi connectivity index (χ1v) is 7.87. The van der Waals surface area contributed by atoms with Crippen LogP contribution >= 0.6 is 0 Å². The monoisotopic (exact) mass is 346 g/mol. The lowest BCUT2D eigenvalue weighted by Gasteiger charge is -2.29. The van der Waals surface area contributed by atoms with Crippen LogP contribution in [0, 0.1) is 10.1 Å². The molecule has 0 saturated heterocycles. The molecule has 2 aliphatic rings. The van der Waals surface area contributed by atoms with Gasteiger partial charge in [0.2, 0.25) is 11.6 Å². The standard InChI is InChI=1S/C14H17F3N4O3/c15-14(16,17)13-11(21(23)24)7-19(18-13)8-12(22)20(10-5-6-10)9-3-1-2-4-9/h7,9-10H,1-6,8H2. The van der Waals surface area contributed by atoms with Crippen molar-refractivity contribution in [2.24, 2.45) is 0 Å². The van der Waals surface area contributed by atoms with Crippen molar-refractivity contribution in [3.63, 3.8) is 0 Å². The highest BCUT2D eigenvalue weighted by Crippen LogP contribution is 2.36. The van der Waals surface area contributed by atoms with E-state index in [1.165, 1.54) is 0 Å². The quantitative estimate of drug-likeness (QED) is 0.606. The van der Waals surface area contributed by atoms with Crippen molar-refractivity contribution < 1.29 is 22.9 Å². The van der Waals surface area contributed by atoms with E-state index >= 15 is 0 Å². The van der Waals surface area contributed by atoms with E-state index in [0.29, 0.717) is 6.20 Å². The van der Waals surface area contributed by atoms with Crippen molar-refractivity contribution in [3.05, 3.63) is 22.0 Å². The highest BCUT2D eigenvalue weighted by atomic mass is 19.4. The van der Waals surface area contributed by atoms with Gasteiger partial charge >= 0.3 is 11.9 Å². The summed E-state index contributed by atoms with van der Waals surface area (Å²) in [4.78, 5) is 23.9. The number of alkyl halides is 3. The molecule has 1 heterocycles. The molecule has 24 heavy (non-hydrogen) atoms. The number of hydrogen-bond donors (Lipinski definition) is 0. The van der Waals surface area contributed by atoms with E-state index in [1.807, 2.05) is 0 Å². The molecule has 2 fully saturated rings. The third-order valence-corrected chi connectivity index (χ3v) is 4.45. The first-order valence-electron chi connectivity index (χ1n) is 7.87. The summed E-state index contributed by atoms with van der Waals surface area (Å²) in [5, 5.41) is 14.0. The highest BCUT2D eigenvalue weighted by Gasteiger charge is 2.43. The Labute approximate surface area is 135 Å². The zero-order valence-corrected chi connectivity index (χ0v) is 12.8. The van der Waals surface area contributed by atoms with Gasteiger partial charge in [-0.1, -0.05) is 12.8 Å². The lowest BCUT2D eigenvalue weighted by atomic mass is 10.2. The van der Waals surface area contributed by atoms with Crippen LogP contribution in [0.5, 0.6) is 0 Å². The molecule has 1 amide bonds. The number of aromatic nitrogens is 2. The Kier molecular flexibility index (Phi) is 4.22. The SMILES string of the molecule is O=C(Cn1cc([N+](=O)[O-])c(C(F)(F)F)n1)N(C1CCCC1)C1CC1. The molecule has 1 aromatic heterocycles. The number of hydrogen-bond acceptors (Lipinski definition) is 4. The predicted molar refractivity (Wildman–Crippen MR) is 76.0 cm³/mol. The molecule has 7 nitrogen and oxygen atoms in total. The zero-order chi connectivity index (χ0) is 17.5. The fourth-order valence-electron chi connectivity index (χ4n) is 3.29. The van der Waals surface area contributed by atoms with Crippen LogP contribution in [0.4, 0.5) is 18.9 Å². The fraction of sp³-hybridized carbons (Fsp3) is 0.714. The molecule has 0 bridgehead atoms. The smallest absolute Gasteiger partial charge is 0.335 e. The van der Waals surface area contributed by atoms with Gasteiger partial charge in [-0.05, 0) is 25.7 Å². The topological polar surface area (TPSA) is 81.3 Å². The average Bonchev–Trinajstić information content (AvgIpc) is 2.99. The van der Waals surface area contributed by atoms with Crippen LogP contribution in [0.15, 0.2) is 6.20 Å². The van der Waals surface area contributed by atoms with Crippen LogP contribution in [0.1, 0.15) is 44.2 Å². The minimum atomic E-state index is -4.93. The molecule has 0 unspecified atom stereocenters. The number of carbonyl (C=O) groups excluding carboxylic acids is 1. The van der Waals surface area contributed by atoms with E-state index in [9.17, 15) is 28.1 Å². The van der Waals surface area contributed by atoms with Crippen molar-refractivity contribution in [3.8, 4) is 0 Å². The van der Waals surface area contributed by atoms with Gasteiger partial charge in [-0.15, -0.1) is 0 Å². The molecule has 2 saturated carbocycles. The summed E-state index contributed by atoms with van der Waals surface area (Å²) in [7, 11) is 0. The molecular formula is C14H17F3N4O3. The number of nitro groups is 1. The Hall–Kier alpha value is -2.13. The van der Waals surface area contributed by atoms with Crippen molar-refractivity contribution in [1.29, 1.82) is 0 Å². The second kappa shape index (κ2) is 6.06. The van der Waals surface area contributed by atoms with Gasteiger partial charge in [0.05, 0.1) is 4.92 Å². The van der Waals surface area contributed by atoms with Gasteiger partial charge in [0.25, 0.3) is 0 Å². The predicted octanol–water partition coefficient (Wildman–Crippen LogP) is 2.74. The second-order valence-electron chi connectivity index (χ2n) is 6.29. The summed E-state index contributed by atoms with van der Waals surface area (Å²) in [5.41, 5.74) is -2.70. The first-order chi connectivity index (χ1) is 11.3. The average molecular weight is 346 g/mol. The van der Waals surface area contributed by atoms with E-state index in [0.717, 1.165) is 43.2 Å². The number of halogens is 3. The van der Waals surface area contributed by atoms with E-state index in [1.54, 1.807) is 4.90 Å². The van der Waals surface area contributed by atoms with E-state index < -0.39 is 29.0 Å². The first kappa shape index (κ1) is 16.7. The number of carbonyl (C=O) groups is 1. The molecule has 132 valence electrons. The third kappa shape index (κ3) is 3.36. The van der Waals surface area contributed by atoms with Crippen LogP contribution in [0.3, 0.4) is 0 Å². The Bertz CT molecular complexity index is 648. The number of amides is 1. The molecule has 0 spiro atoms. The highest BCUT2D eigenvalue weighted by molar-refractivity contribution is 5.77. The van der Waals surface area contributed by atoms with Crippen molar-refractivity contribution in [1.82, 2.24) is 14.7 Å². The molecule has 2 aliphatic carbocycles. The molecule has 10 heteroatoms. The van der Waals surface area contributed by atoms with Crippen LogP contribution < -0.4 is 0 Å². The van der Waals surface area contributed by atoms with E-state index in [-0.39, 0.29) is 18.0 Å². The van der Waals surface area contributed by atoms with Gasteiger partial charge in [-0.2, -0.15) is 18.3 Å². The van der Waals surface area contributed by atoms with E-state index in [4.69, 9.17) is 0 Å². The summed E-state index contributed by atoms with van der Waals surface area (Å²) in [6.07, 6.45) is 1.41. The molecule has 0 aliphatic heterocycles. The third-order valence-electron chi connectivity index (χ3n) is 4.45. The maximum atomic E-state index is 12.8. The zero-order valence-electron chi connectivity index (χ0n) is 12.8. The lowest BCUT2D eigenvalue weighted by Crippen LogP contribution is -2.42. The summed E-state index contributed by atoms with van der Waals surface area (Å²) in [6, 6.07) is 0.269. The van der Waals surface area contributed by atoms with E-state index in [2.05, 4.69) is 5.10 Å². The Morgan fingerprint density at radius 3 is 2.33 bits per heavy atom. The summed E-state index contributed by atoms with van der Waals surface area (Å²) in [5.74, 6) is -0.324. The maximum absolute atomic E-state index is 12.8.